The zero-order chi connectivity index (χ0) is 35.6. The van der Waals surface area contributed by atoms with Crippen molar-refractivity contribution in [3.8, 4) is 5.75 Å². The summed E-state index contributed by atoms with van der Waals surface area (Å²) >= 11 is 6.66. The molecule has 6 rings (SSSR count). The van der Waals surface area contributed by atoms with E-state index in [0.29, 0.717) is 53.6 Å². The number of halogens is 1. The molecule has 0 aliphatic carbocycles. The van der Waals surface area contributed by atoms with Crippen molar-refractivity contribution < 1.29 is 29.0 Å². The van der Waals surface area contributed by atoms with E-state index in [0.717, 1.165) is 0 Å². The van der Waals surface area contributed by atoms with Gasteiger partial charge in [0.15, 0.2) is 0 Å². The van der Waals surface area contributed by atoms with Gasteiger partial charge in [0.1, 0.15) is 17.4 Å². The largest absolute Gasteiger partial charge is 0.494 e. The molecule has 3 heterocycles. The van der Waals surface area contributed by atoms with Crippen molar-refractivity contribution in [3.63, 3.8) is 0 Å². The second kappa shape index (κ2) is 14.4. The monoisotopic (exact) mass is 697 g/mol. The molecule has 3 fully saturated rings. The van der Waals surface area contributed by atoms with Crippen LogP contribution in [0, 0.1) is 11.8 Å². The van der Waals surface area contributed by atoms with Gasteiger partial charge in [0.25, 0.3) is 5.91 Å². The van der Waals surface area contributed by atoms with E-state index < -0.39 is 53.5 Å². The molecule has 262 valence electrons. The van der Waals surface area contributed by atoms with Crippen LogP contribution in [0.2, 0.25) is 5.02 Å². The highest BCUT2D eigenvalue weighted by atomic mass is 35.5. The van der Waals surface area contributed by atoms with Gasteiger partial charge in [-0.3, -0.25) is 14.4 Å². The number of likely N-dealkylation sites (tertiary alicyclic amines) is 1. The molecule has 3 aliphatic rings. The lowest BCUT2D eigenvalue weighted by Crippen LogP contribution is -2.57. The quantitative estimate of drug-likeness (QED) is 0.197. The third-order valence-electron chi connectivity index (χ3n) is 10.6. The molecule has 0 radical (unpaired) electrons. The van der Waals surface area contributed by atoms with Gasteiger partial charge in [-0.1, -0.05) is 73.1 Å². The van der Waals surface area contributed by atoms with Crippen LogP contribution in [0.25, 0.3) is 0 Å². The predicted octanol–water partition coefficient (Wildman–Crippen LogP) is 6.37. The SMILES string of the molecule is C=CCN(C(=O)[C@H]1[C@H]2C(=O)N([C@H](CO)c3ccccc3)C(C(=O)N(CC=C)c3ccccc3Cl)C23CC[C@]1(CC)O3)c1ccc(OCC)cc1. The topological polar surface area (TPSA) is 99.6 Å². The maximum Gasteiger partial charge on any atom is 0.253 e. The predicted molar refractivity (Wildman–Crippen MR) is 194 cm³/mol. The minimum atomic E-state index is -1.34. The maximum atomic E-state index is 15.2. The number of anilines is 2. The molecule has 1 spiro atoms. The average Bonchev–Trinajstić information content (AvgIpc) is 3.74. The average molecular weight is 698 g/mol. The highest BCUT2D eigenvalue weighted by Gasteiger charge is 2.79. The second-order valence-corrected chi connectivity index (χ2v) is 13.4. The number of amides is 3. The van der Waals surface area contributed by atoms with Crippen LogP contribution in [0.1, 0.15) is 44.7 Å². The summed E-state index contributed by atoms with van der Waals surface area (Å²) in [6, 6.07) is 21.4. The van der Waals surface area contributed by atoms with Crippen molar-refractivity contribution in [3.05, 3.63) is 115 Å². The number of hydrogen-bond acceptors (Lipinski definition) is 6. The Hall–Kier alpha value is -4.44. The highest BCUT2D eigenvalue weighted by Crippen LogP contribution is 2.65. The number of benzene rings is 3. The van der Waals surface area contributed by atoms with E-state index in [1.807, 2.05) is 68.4 Å². The summed E-state index contributed by atoms with van der Waals surface area (Å²) in [5.74, 6) is -2.31. The summed E-state index contributed by atoms with van der Waals surface area (Å²) in [5.41, 5.74) is -0.571. The first-order chi connectivity index (χ1) is 24.2. The van der Waals surface area contributed by atoms with E-state index in [9.17, 15) is 5.11 Å². The number of aliphatic hydroxyl groups excluding tert-OH is 1. The van der Waals surface area contributed by atoms with E-state index in [-0.39, 0.29) is 19.0 Å². The molecule has 0 aromatic heterocycles. The number of nitrogens with zero attached hydrogens (tertiary/aromatic N) is 3. The Morgan fingerprint density at radius 2 is 1.64 bits per heavy atom. The number of rotatable bonds is 14. The summed E-state index contributed by atoms with van der Waals surface area (Å²) in [6.07, 6.45) is 4.59. The maximum absolute atomic E-state index is 15.2. The Balaban J connectivity index is 1.50. The van der Waals surface area contributed by atoms with Gasteiger partial charge >= 0.3 is 0 Å². The minimum Gasteiger partial charge on any atom is -0.494 e. The van der Waals surface area contributed by atoms with Gasteiger partial charge in [-0.2, -0.15) is 0 Å². The zero-order valence-corrected chi connectivity index (χ0v) is 29.3. The van der Waals surface area contributed by atoms with Crippen LogP contribution >= 0.6 is 11.6 Å². The normalized spacial score (nSPS) is 25.6. The van der Waals surface area contributed by atoms with Crippen molar-refractivity contribution in [2.45, 2.75) is 56.4 Å². The lowest BCUT2D eigenvalue weighted by atomic mass is 9.64. The van der Waals surface area contributed by atoms with E-state index in [1.54, 1.807) is 41.3 Å². The van der Waals surface area contributed by atoms with Crippen LogP contribution in [0.5, 0.6) is 5.75 Å². The van der Waals surface area contributed by atoms with Gasteiger partial charge < -0.3 is 29.3 Å². The number of aliphatic hydroxyl groups is 1. The Morgan fingerprint density at radius 1 is 0.980 bits per heavy atom. The fourth-order valence-corrected chi connectivity index (χ4v) is 8.68. The first kappa shape index (κ1) is 35.4. The Bertz CT molecular complexity index is 1750. The first-order valence-corrected chi connectivity index (χ1v) is 17.6. The number of fused-ring (bicyclic) bond motifs is 1. The summed E-state index contributed by atoms with van der Waals surface area (Å²) in [5, 5.41) is 11.3. The standard InChI is InChI=1S/C40H44ClN3O6/c1-5-24-42(28-18-20-29(21-19-28)49-8-4)36(46)33-34-37(47)44(32(26-45)27-14-10-9-11-15-27)35(40(34)23-22-39(33,7-3)50-40)38(48)43(25-6-2)31-17-13-12-16-30(31)41/h5-6,9-21,32-35,45H,1-2,7-8,22-26H2,3-4H3/t32-,33-,34+,35?,39+,40?/m1/s1. The summed E-state index contributed by atoms with van der Waals surface area (Å²) in [4.78, 5) is 50.0. The third-order valence-corrected chi connectivity index (χ3v) is 10.9. The second-order valence-electron chi connectivity index (χ2n) is 13.0. The van der Waals surface area contributed by atoms with Gasteiger partial charge in [-0.05, 0) is 68.1 Å². The molecule has 3 amide bonds. The molecule has 3 saturated heterocycles. The van der Waals surface area contributed by atoms with Crippen molar-refractivity contribution in [2.24, 2.45) is 11.8 Å². The van der Waals surface area contributed by atoms with Crippen molar-refractivity contribution in [1.82, 2.24) is 4.90 Å². The van der Waals surface area contributed by atoms with Crippen molar-refractivity contribution in [1.29, 1.82) is 0 Å². The molecule has 0 saturated carbocycles. The Kier molecular flexibility index (Phi) is 10.2. The number of hydrogen-bond donors (Lipinski definition) is 1. The summed E-state index contributed by atoms with van der Waals surface area (Å²) in [7, 11) is 0. The molecule has 2 bridgehead atoms. The smallest absolute Gasteiger partial charge is 0.253 e. The fraction of sp³-hybridized carbons (Fsp3) is 0.375. The number of carbonyl (C=O) groups is 3. The third kappa shape index (κ3) is 5.71. The van der Waals surface area contributed by atoms with Gasteiger partial charge in [-0.25, -0.2) is 0 Å². The molecule has 2 unspecified atom stereocenters. The first-order valence-electron chi connectivity index (χ1n) is 17.2. The molecule has 6 atom stereocenters. The minimum absolute atomic E-state index is 0.114. The Morgan fingerprint density at radius 3 is 2.26 bits per heavy atom. The van der Waals surface area contributed by atoms with E-state index in [2.05, 4.69) is 13.2 Å². The lowest BCUT2D eigenvalue weighted by Gasteiger charge is -2.40. The van der Waals surface area contributed by atoms with Crippen LogP contribution in [0.3, 0.4) is 0 Å². The fourth-order valence-electron chi connectivity index (χ4n) is 8.44. The van der Waals surface area contributed by atoms with Gasteiger partial charge in [0, 0.05) is 18.8 Å². The van der Waals surface area contributed by atoms with Crippen molar-refractivity contribution in [2.75, 3.05) is 36.1 Å². The summed E-state index contributed by atoms with van der Waals surface area (Å²) < 4.78 is 12.7. The number of ether oxygens (including phenoxy) is 2. The van der Waals surface area contributed by atoms with Crippen LogP contribution < -0.4 is 14.5 Å². The molecule has 1 N–H and O–H groups in total. The lowest BCUT2D eigenvalue weighted by molar-refractivity contribution is -0.149. The molecule has 50 heavy (non-hydrogen) atoms. The van der Waals surface area contributed by atoms with Crippen LogP contribution in [-0.2, 0) is 19.1 Å². The van der Waals surface area contributed by atoms with Crippen LogP contribution in [-0.4, -0.2) is 71.3 Å². The molecule has 10 heteroatoms. The number of carbonyl (C=O) groups excluding carboxylic acids is 3. The van der Waals surface area contributed by atoms with E-state index >= 15 is 14.4 Å². The molecular formula is C40H44ClN3O6. The molecule has 3 aliphatic heterocycles. The zero-order valence-electron chi connectivity index (χ0n) is 28.5. The van der Waals surface area contributed by atoms with Crippen LogP contribution in [0.4, 0.5) is 11.4 Å². The highest BCUT2D eigenvalue weighted by molar-refractivity contribution is 6.34. The molecule has 9 nitrogen and oxygen atoms in total. The molecule has 3 aromatic rings. The van der Waals surface area contributed by atoms with Crippen LogP contribution in [0.15, 0.2) is 104 Å². The van der Waals surface area contributed by atoms with E-state index in [4.69, 9.17) is 21.1 Å². The van der Waals surface area contributed by atoms with Gasteiger partial charge in [0.05, 0.1) is 47.4 Å². The van der Waals surface area contributed by atoms with E-state index in [1.165, 1.54) is 9.80 Å². The Labute approximate surface area is 298 Å². The number of para-hydroxylation sites is 1. The molecule has 3 aromatic carbocycles. The molecular weight excluding hydrogens is 654 g/mol. The van der Waals surface area contributed by atoms with Gasteiger partial charge in [-0.15, -0.1) is 13.2 Å². The summed E-state index contributed by atoms with van der Waals surface area (Å²) in [6.45, 7) is 12.1. The van der Waals surface area contributed by atoms with Gasteiger partial charge in [0.2, 0.25) is 11.8 Å². The van der Waals surface area contributed by atoms with Crippen molar-refractivity contribution >= 4 is 40.7 Å².